The molecule has 1 aromatic heterocycles. The van der Waals surface area contributed by atoms with E-state index in [2.05, 4.69) is 23.6 Å². The molecule has 2 rings (SSSR count). The number of aromatic nitrogens is 1. The molecule has 0 aliphatic rings. The van der Waals surface area contributed by atoms with Crippen LogP contribution in [0.2, 0.25) is 0 Å². The predicted molar refractivity (Wildman–Crippen MR) is 80.6 cm³/mol. The second-order valence-electron chi connectivity index (χ2n) is 4.93. The molecule has 5 heteroatoms. The summed E-state index contributed by atoms with van der Waals surface area (Å²) in [5.41, 5.74) is 7.41. The minimum absolute atomic E-state index is 0.237. The van der Waals surface area contributed by atoms with Crippen molar-refractivity contribution in [2.24, 2.45) is 0 Å². The zero-order valence-electron chi connectivity index (χ0n) is 12.3. The van der Waals surface area contributed by atoms with Crippen molar-refractivity contribution in [3.63, 3.8) is 0 Å². The van der Waals surface area contributed by atoms with Crippen molar-refractivity contribution < 1.29 is 14.3 Å². The number of esters is 1. The number of nitrogens with zero attached hydrogens (tertiary/aromatic N) is 1. The quantitative estimate of drug-likeness (QED) is 0.872. The number of hydrogen-bond acceptors (Lipinski definition) is 5. The van der Waals surface area contributed by atoms with Gasteiger partial charge in [-0.1, -0.05) is 26.0 Å². The topological polar surface area (TPSA) is 74.4 Å². The number of methoxy groups -OCH3 is 1. The molecule has 0 aliphatic carbocycles. The van der Waals surface area contributed by atoms with E-state index in [1.54, 1.807) is 0 Å². The van der Waals surface area contributed by atoms with Gasteiger partial charge in [0, 0.05) is 6.07 Å². The molecule has 21 heavy (non-hydrogen) atoms. The number of nitrogen functional groups attached to an aromatic ring is 1. The summed E-state index contributed by atoms with van der Waals surface area (Å²) in [6.07, 6.45) is 1.38. The second-order valence-corrected chi connectivity index (χ2v) is 4.93. The Morgan fingerprint density at radius 2 is 1.90 bits per heavy atom. The first-order valence-electron chi connectivity index (χ1n) is 6.63. The van der Waals surface area contributed by atoms with E-state index in [1.165, 1.54) is 24.9 Å². The van der Waals surface area contributed by atoms with Crippen LogP contribution in [0.25, 0.3) is 0 Å². The standard InChI is InChI=1S/C16H18N2O3/c1-10(2)11-4-6-12(7-5-11)21-15-8-13(16(19)20-3)14(17)9-18-15/h4-10H,17H2,1-3H3. The summed E-state index contributed by atoms with van der Waals surface area (Å²) in [6, 6.07) is 9.20. The predicted octanol–water partition coefficient (Wildman–Crippen LogP) is 3.37. The Labute approximate surface area is 123 Å². The third kappa shape index (κ3) is 3.51. The number of hydrogen-bond donors (Lipinski definition) is 1. The van der Waals surface area contributed by atoms with E-state index in [-0.39, 0.29) is 11.3 Å². The van der Waals surface area contributed by atoms with Crippen LogP contribution in [0.15, 0.2) is 36.5 Å². The van der Waals surface area contributed by atoms with Crippen molar-refractivity contribution in [2.45, 2.75) is 19.8 Å². The smallest absolute Gasteiger partial charge is 0.340 e. The maximum absolute atomic E-state index is 11.6. The fourth-order valence-corrected chi connectivity index (χ4v) is 1.83. The first-order chi connectivity index (χ1) is 10.0. The Balaban J connectivity index is 2.21. The van der Waals surface area contributed by atoms with Crippen molar-refractivity contribution in [1.29, 1.82) is 0 Å². The number of ether oxygens (including phenoxy) is 2. The molecular weight excluding hydrogens is 268 g/mol. The average molecular weight is 286 g/mol. The highest BCUT2D eigenvalue weighted by Crippen LogP contribution is 2.25. The highest BCUT2D eigenvalue weighted by atomic mass is 16.5. The lowest BCUT2D eigenvalue weighted by Gasteiger charge is -2.09. The van der Waals surface area contributed by atoms with Gasteiger partial charge in [0.25, 0.3) is 0 Å². The maximum atomic E-state index is 11.6. The van der Waals surface area contributed by atoms with Gasteiger partial charge in [-0.2, -0.15) is 0 Å². The molecule has 0 atom stereocenters. The fourth-order valence-electron chi connectivity index (χ4n) is 1.83. The van der Waals surface area contributed by atoms with Crippen LogP contribution in [0.5, 0.6) is 11.6 Å². The molecule has 0 unspecified atom stereocenters. The minimum atomic E-state index is -0.519. The number of benzene rings is 1. The van der Waals surface area contributed by atoms with Crippen molar-refractivity contribution in [2.75, 3.05) is 12.8 Å². The number of pyridine rings is 1. The molecular formula is C16H18N2O3. The molecule has 2 N–H and O–H groups in total. The second kappa shape index (κ2) is 6.26. The Morgan fingerprint density at radius 1 is 1.24 bits per heavy atom. The van der Waals surface area contributed by atoms with E-state index >= 15 is 0 Å². The summed E-state index contributed by atoms with van der Waals surface area (Å²) in [5.74, 6) is 0.879. The lowest BCUT2D eigenvalue weighted by atomic mass is 10.0. The van der Waals surface area contributed by atoms with Gasteiger partial charge in [-0.15, -0.1) is 0 Å². The van der Waals surface area contributed by atoms with Gasteiger partial charge in [0.15, 0.2) is 0 Å². The zero-order chi connectivity index (χ0) is 15.4. The molecule has 0 fully saturated rings. The highest BCUT2D eigenvalue weighted by molar-refractivity contribution is 5.95. The number of nitrogens with two attached hydrogens (primary N) is 1. The van der Waals surface area contributed by atoms with Gasteiger partial charge in [0.05, 0.1) is 24.6 Å². The van der Waals surface area contributed by atoms with Crippen LogP contribution in [0.3, 0.4) is 0 Å². The van der Waals surface area contributed by atoms with Crippen molar-refractivity contribution in [3.05, 3.63) is 47.7 Å². The minimum Gasteiger partial charge on any atom is -0.465 e. The average Bonchev–Trinajstić information content (AvgIpc) is 2.49. The Bertz CT molecular complexity index is 636. The first-order valence-corrected chi connectivity index (χ1v) is 6.63. The summed E-state index contributed by atoms with van der Waals surface area (Å²) in [5, 5.41) is 0. The largest absolute Gasteiger partial charge is 0.465 e. The molecule has 0 aliphatic heterocycles. The van der Waals surface area contributed by atoms with Gasteiger partial charge in [-0.3, -0.25) is 0 Å². The molecule has 0 saturated heterocycles. The molecule has 0 bridgehead atoms. The molecule has 110 valence electrons. The van der Waals surface area contributed by atoms with Crippen LogP contribution in [-0.2, 0) is 4.74 Å². The van der Waals surface area contributed by atoms with Crippen LogP contribution in [-0.4, -0.2) is 18.1 Å². The van der Waals surface area contributed by atoms with Crippen molar-refractivity contribution in [1.82, 2.24) is 4.98 Å². The van der Waals surface area contributed by atoms with Gasteiger partial charge in [0.1, 0.15) is 5.75 Å². The summed E-state index contributed by atoms with van der Waals surface area (Å²) < 4.78 is 10.3. The molecule has 5 nitrogen and oxygen atoms in total. The summed E-state index contributed by atoms with van der Waals surface area (Å²) in [4.78, 5) is 15.6. The Kier molecular flexibility index (Phi) is 4.42. The lowest BCUT2D eigenvalue weighted by Crippen LogP contribution is -2.06. The van der Waals surface area contributed by atoms with Crippen LogP contribution >= 0.6 is 0 Å². The van der Waals surface area contributed by atoms with Gasteiger partial charge in [-0.25, -0.2) is 9.78 Å². The van der Waals surface area contributed by atoms with E-state index in [0.29, 0.717) is 17.5 Å². The molecule has 0 amide bonds. The molecule has 1 heterocycles. The summed E-state index contributed by atoms with van der Waals surface area (Å²) in [7, 11) is 1.30. The monoisotopic (exact) mass is 286 g/mol. The summed E-state index contributed by atoms with van der Waals surface area (Å²) in [6.45, 7) is 4.25. The Hall–Kier alpha value is -2.56. The van der Waals surface area contributed by atoms with Crippen molar-refractivity contribution in [3.8, 4) is 11.6 Å². The van der Waals surface area contributed by atoms with Crippen LogP contribution in [0.4, 0.5) is 5.69 Å². The molecule has 0 saturated carbocycles. The molecule has 2 aromatic rings. The van der Waals surface area contributed by atoms with Gasteiger partial charge in [-0.05, 0) is 23.6 Å². The number of rotatable bonds is 4. The zero-order valence-corrected chi connectivity index (χ0v) is 12.3. The fraction of sp³-hybridized carbons (Fsp3) is 0.250. The lowest BCUT2D eigenvalue weighted by molar-refractivity contribution is 0.0601. The Morgan fingerprint density at radius 3 is 2.48 bits per heavy atom. The van der Waals surface area contributed by atoms with Gasteiger partial charge < -0.3 is 15.2 Å². The number of anilines is 1. The number of carbonyl (C=O) groups is 1. The normalized spacial score (nSPS) is 10.5. The van der Waals surface area contributed by atoms with Crippen LogP contribution < -0.4 is 10.5 Å². The maximum Gasteiger partial charge on any atom is 0.340 e. The number of carbonyl (C=O) groups excluding carboxylic acids is 1. The van der Waals surface area contributed by atoms with Crippen molar-refractivity contribution >= 4 is 11.7 Å². The van der Waals surface area contributed by atoms with E-state index in [1.807, 2.05) is 24.3 Å². The first kappa shape index (κ1) is 14.8. The molecule has 0 radical (unpaired) electrons. The van der Waals surface area contributed by atoms with E-state index in [9.17, 15) is 4.79 Å². The van der Waals surface area contributed by atoms with Gasteiger partial charge >= 0.3 is 5.97 Å². The molecule has 1 aromatic carbocycles. The third-order valence-electron chi connectivity index (χ3n) is 3.08. The van der Waals surface area contributed by atoms with E-state index in [0.717, 1.165) is 0 Å². The van der Waals surface area contributed by atoms with Crippen LogP contribution in [0, 0.1) is 0 Å². The highest BCUT2D eigenvalue weighted by Gasteiger charge is 2.12. The van der Waals surface area contributed by atoms with E-state index in [4.69, 9.17) is 10.5 Å². The summed E-state index contributed by atoms with van der Waals surface area (Å²) >= 11 is 0. The van der Waals surface area contributed by atoms with Crippen LogP contribution in [0.1, 0.15) is 35.7 Å². The third-order valence-corrected chi connectivity index (χ3v) is 3.08. The SMILES string of the molecule is COC(=O)c1cc(Oc2ccc(C(C)C)cc2)ncc1N. The van der Waals surface area contributed by atoms with Gasteiger partial charge in [0.2, 0.25) is 5.88 Å². The molecule has 0 spiro atoms. The van der Waals surface area contributed by atoms with E-state index < -0.39 is 5.97 Å².